The summed E-state index contributed by atoms with van der Waals surface area (Å²) in [5.74, 6) is 0.355. The molecule has 3 heterocycles. The lowest BCUT2D eigenvalue weighted by molar-refractivity contribution is -0.119. The van der Waals surface area contributed by atoms with Gasteiger partial charge in [0.05, 0.1) is 24.4 Å². The van der Waals surface area contributed by atoms with Crippen molar-refractivity contribution in [3.63, 3.8) is 0 Å². The minimum atomic E-state index is -0.368. The molecular weight excluding hydrogens is 370 g/mol. The van der Waals surface area contributed by atoms with Crippen LogP contribution in [0.1, 0.15) is 28.5 Å². The second-order valence-electron chi connectivity index (χ2n) is 7.24. The maximum absolute atomic E-state index is 13.0. The lowest BCUT2D eigenvalue weighted by Gasteiger charge is -2.23. The number of amides is 1. The third kappa shape index (κ3) is 5.36. The summed E-state index contributed by atoms with van der Waals surface area (Å²) in [6.07, 6.45) is 3.31. The molecule has 3 rings (SSSR count). The molecule has 0 unspecified atom stereocenters. The van der Waals surface area contributed by atoms with Crippen molar-refractivity contribution >= 4 is 17.7 Å². The number of esters is 1. The SMILES string of the molecule is CCOC(=O)c1ccnc(CN2CC(=O)N(CCN(C)C)c3ncccc3C2)c1. The van der Waals surface area contributed by atoms with Crippen molar-refractivity contribution in [1.29, 1.82) is 0 Å². The number of hydrogen-bond donors (Lipinski definition) is 0. The summed E-state index contributed by atoms with van der Waals surface area (Å²) >= 11 is 0. The Balaban J connectivity index is 1.80. The van der Waals surface area contributed by atoms with Gasteiger partial charge in [0.2, 0.25) is 5.91 Å². The highest BCUT2D eigenvalue weighted by atomic mass is 16.5. The van der Waals surface area contributed by atoms with Crippen LogP contribution >= 0.6 is 0 Å². The number of fused-ring (bicyclic) bond motifs is 1. The van der Waals surface area contributed by atoms with Crippen LogP contribution in [-0.2, 0) is 22.6 Å². The highest BCUT2D eigenvalue weighted by molar-refractivity contribution is 5.95. The molecule has 29 heavy (non-hydrogen) atoms. The smallest absolute Gasteiger partial charge is 0.338 e. The molecule has 2 aromatic rings. The molecule has 1 amide bonds. The van der Waals surface area contributed by atoms with Crippen LogP contribution < -0.4 is 4.90 Å². The maximum Gasteiger partial charge on any atom is 0.338 e. The molecule has 154 valence electrons. The zero-order chi connectivity index (χ0) is 20.8. The number of nitrogens with zero attached hydrogens (tertiary/aromatic N) is 5. The minimum absolute atomic E-state index is 0.00541. The predicted octanol–water partition coefficient (Wildman–Crippen LogP) is 1.56. The van der Waals surface area contributed by atoms with Crippen molar-refractivity contribution in [2.45, 2.75) is 20.0 Å². The quantitative estimate of drug-likeness (QED) is 0.656. The second-order valence-corrected chi connectivity index (χ2v) is 7.24. The number of carbonyl (C=O) groups is 2. The van der Waals surface area contributed by atoms with Crippen molar-refractivity contribution in [2.24, 2.45) is 0 Å². The summed E-state index contributed by atoms with van der Waals surface area (Å²) in [7, 11) is 3.96. The first-order valence-electron chi connectivity index (χ1n) is 9.71. The molecule has 8 heteroatoms. The van der Waals surface area contributed by atoms with E-state index in [1.807, 2.05) is 36.0 Å². The van der Waals surface area contributed by atoms with E-state index in [2.05, 4.69) is 9.97 Å². The van der Waals surface area contributed by atoms with Gasteiger partial charge in [-0.1, -0.05) is 6.07 Å². The van der Waals surface area contributed by atoms with E-state index in [1.54, 1.807) is 36.4 Å². The van der Waals surface area contributed by atoms with E-state index in [-0.39, 0.29) is 18.4 Å². The van der Waals surface area contributed by atoms with E-state index in [9.17, 15) is 9.59 Å². The number of ether oxygens (including phenoxy) is 1. The van der Waals surface area contributed by atoms with Gasteiger partial charge in [0.15, 0.2) is 0 Å². The van der Waals surface area contributed by atoms with Crippen molar-refractivity contribution in [2.75, 3.05) is 45.2 Å². The van der Waals surface area contributed by atoms with Gasteiger partial charge >= 0.3 is 5.97 Å². The Labute approximate surface area is 171 Å². The largest absolute Gasteiger partial charge is 0.462 e. The zero-order valence-corrected chi connectivity index (χ0v) is 17.2. The molecule has 1 aliphatic heterocycles. The normalized spacial score (nSPS) is 14.6. The van der Waals surface area contributed by atoms with Crippen molar-refractivity contribution in [3.8, 4) is 0 Å². The van der Waals surface area contributed by atoms with E-state index < -0.39 is 0 Å². The van der Waals surface area contributed by atoms with Crippen LogP contribution in [-0.4, -0.2) is 72.0 Å². The van der Waals surface area contributed by atoms with Crippen LogP contribution in [0.15, 0.2) is 36.7 Å². The second kappa shape index (κ2) is 9.58. The molecule has 0 atom stereocenters. The summed E-state index contributed by atoms with van der Waals surface area (Å²) < 4.78 is 5.06. The van der Waals surface area contributed by atoms with Crippen LogP contribution in [0, 0.1) is 0 Å². The number of rotatable bonds is 7. The molecule has 0 fully saturated rings. The molecule has 0 aromatic carbocycles. The maximum atomic E-state index is 13.0. The third-order valence-electron chi connectivity index (χ3n) is 4.66. The van der Waals surface area contributed by atoms with Gasteiger partial charge in [-0.25, -0.2) is 9.78 Å². The number of pyridine rings is 2. The monoisotopic (exact) mass is 397 g/mol. The fraction of sp³-hybridized carbons (Fsp3) is 0.429. The summed E-state index contributed by atoms with van der Waals surface area (Å²) in [5.41, 5.74) is 2.18. The number of carbonyl (C=O) groups excluding carboxylic acids is 2. The minimum Gasteiger partial charge on any atom is -0.462 e. The summed E-state index contributed by atoms with van der Waals surface area (Å²) in [6.45, 7) is 4.73. The van der Waals surface area contributed by atoms with E-state index in [0.29, 0.717) is 31.8 Å². The van der Waals surface area contributed by atoms with Crippen molar-refractivity contribution in [1.82, 2.24) is 19.8 Å². The van der Waals surface area contributed by atoms with Gasteiger partial charge in [-0.05, 0) is 39.2 Å². The van der Waals surface area contributed by atoms with Gasteiger partial charge in [0.1, 0.15) is 5.82 Å². The average molecular weight is 397 g/mol. The van der Waals surface area contributed by atoms with E-state index in [4.69, 9.17) is 4.74 Å². The van der Waals surface area contributed by atoms with Crippen LogP contribution in [0.25, 0.3) is 0 Å². The van der Waals surface area contributed by atoms with Gasteiger partial charge in [0.25, 0.3) is 0 Å². The number of anilines is 1. The molecule has 0 spiro atoms. The van der Waals surface area contributed by atoms with E-state index >= 15 is 0 Å². The van der Waals surface area contributed by atoms with E-state index in [1.165, 1.54) is 0 Å². The highest BCUT2D eigenvalue weighted by Gasteiger charge is 2.27. The van der Waals surface area contributed by atoms with Crippen LogP contribution in [0.3, 0.4) is 0 Å². The molecule has 1 aliphatic rings. The van der Waals surface area contributed by atoms with E-state index in [0.717, 1.165) is 23.6 Å². The third-order valence-corrected chi connectivity index (χ3v) is 4.66. The molecular formula is C21H27N5O3. The summed E-state index contributed by atoms with van der Waals surface area (Å²) in [4.78, 5) is 39.6. The van der Waals surface area contributed by atoms with Crippen LogP contribution in [0.5, 0.6) is 0 Å². The standard InChI is InChI=1S/C21H27N5O3/c1-4-29-21(28)16-7-9-22-18(12-16)14-25-13-17-6-5-8-23-20(17)26(19(27)15-25)11-10-24(2)3/h5-9,12H,4,10-11,13-15H2,1-3H3. The zero-order valence-electron chi connectivity index (χ0n) is 17.2. The highest BCUT2D eigenvalue weighted by Crippen LogP contribution is 2.24. The number of hydrogen-bond acceptors (Lipinski definition) is 7. The van der Waals surface area contributed by atoms with Gasteiger partial charge < -0.3 is 9.64 Å². The fourth-order valence-corrected chi connectivity index (χ4v) is 3.27. The predicted molar refractivity (Wildman–Crippen MR) is 109 cm³/mol. The van der Waals surface area contributed by atoms with Gasteiger partial charge in [-0.3, -0.25) is 19.6 Å². The fourth-order valence-electron chi connectivity index (χ4n) is 3.27. The Morgan fingerprint density at radius 3 is 2.79 bits per heavy atom. The Morgan fingerprint density at radius 2 is 2.03 bits per heavy atom. The summed E-state index contributed by atoms with van der Waals surface area (Å²) in [5, 5.41) is 0. The van der Waals surface area contributed by atoms with Crippen molar-refractivity contribution in [3.05, 3.63) is 53.5 Å². The Bertz CT molecular complexity index is 871. The topological polar surface area (TPSA) is 78.9 Å². The first kappa shape index (κ1) is 20.9. The molecule has 0 aliphatic carbocycles. The lowest BCUT2D eigenvalue weighted by Crippen LogP contribution is -2.41. The Kier molecular flexibility index (Phi) is 6.90. The van der Waals surface area contributed by atoms with Gasteiger partial charge in [-0.2, -0.15) is 0 Å². The Hall–Kier alpha value is -2.84. The first-order valence-corrected chi connectivity index (χ1v) is 9.71. The molecule has 0 bridgehead atoms. The van der Waals surface area contributed by atoms with Crippen molar-refractivity contribution < 1.29 is 14.3 Å². The van der Waals surface area contributed by atoms with Crippen LogP contribution in [0.4, 0.5) is 5.82 Å². The van der Waals surface area contributed by atoms with Gasteiger partial charge in [0, 0.05) is 44.1 Å². The van der Waals surface area contributed by atoms with Gasteiger partial charge in [-0.15, -0.1) is 0 Å². The lowest BCUT2D eigenvalue weighted by atomic mass is 10.2. The van der Waals surface area contributed by atoms with Crippen LogP contribution in [0.2, 0.25) is 0 Å². The first-order chi connectivity index (χ1) is 14.0. The average Bonchev–Trinajstić information content (AvgIpc) is 2.82. The molecule has 0 N–H and O–H groups in total. The Morgan fingerprint density at radius 1 is 1.21 bits per heavy atom. The summed E-state index contributed by atoms with van der Waals surface area (Å²) in [6, 6.07) is 7.24. The number of aromatic nitrogens is 2. The molecule has 8 nitrogen and oxygen atoms in total. The molecule has 2 aromatic heterocycles. The molecule has 0 radical (unpaired) electrons. The molecule has 0 saturated heterocycles. The number of likely N-dealkylation sites (N-methyl/N-ethyl adjacent to an activating group) is 1. The molecule has 0 saturated carbocycles.